The summed E-state index contributed by atoms with van der Waals surface area (Å²) < 4.78 is 1.78. The molecule has 8 heteroatoms. The number of nitrogens with zero attached hydrogens (tertiary/aromatic N) is 7. The molecule has 0 spiro atoms. The summed E-state index contributed by atoms with van der Waals surface area (Å²) in [6.45, 7) is 1.62. The van der Waals surface area contributed by atoms with E-state index in [-0.39, 0.29) is 5.91 Å². The molecule has 0 N–H and O–H groups in total. The van der Waals surface area contributed by atoms with Crippen LogP contribution in [0.4, 0.5) is 5.95 Å². The summed E-state index contributed by atoms with van der Waals surface area (Å²) in [6.07, 6.45) is 6.58. The van der Waals surface area contributed by atoms with Gasteiger partial charge in [-0.25, -0.2) is 9.97 Å². The number of rotatable bonds is 3. The van der Waals surface area contributed by atoms with Crippen molar-refractivity contribution >= 4 is 17.9 Å². The van der Waals surface area contributed by atoms with E-state index in [0.717, 1.165) is 11.3 Å². The second-order valence-corrected chi connectivity index (χ2v) is 5.66. The van der Waals surface area contributed by atoms with E-state index in [1.54, 1.807) is 34.1 Å². The predicted molar refractivity (Wildman–Crippen MR) is 87.8 cm³/mol. The number of fused-ring (bicyclic) bond motifs is 1. The first-order valence-corrected chi connectivity index (χ1v) is 7.50. The van der Waals surface area contributed by atoms with Crippen molar-refractivity contribution in [3.63, 3.8) is 0 Å². The highest BCUT2D eigenvalue weighted by molar-refractivity contribution is 5.91. The van der Waals surface area contributed by atoms with E-state index < -0.39 is 0 Å². The number of amides is 1. The van der Waals surface area contributed by atoms with Crippen molar-refractivity contribution in [1.82, 2.24) is 24.6 Å². The Morgan fingerprint density at radius 1 is 1.33 bits per heavy atom. The van der Waals surface area contributed by atoms with Crippen LogP contribution in [0.1, 0.15) is 17.0 Å². The Labute approximate surface area is 139 Å². The van der Waals surface area contributed by atoms with Gasteiger partial charge in [-0.3, -0.25) is 9.48 Å². The summed E-state index contributed by atoms with van der Waals surface area (Å²) in [5, 5.41) is 13.1. The average molecular weight is 323 g/mol. The molecule has 0 saturated heterocycles. The van der Waals surface area contributed by atoms with Crippen molar-refractivity contribution in [3.05, 3.63) is 41.5 Å². The Hall–Kier alpha value is -3.21. The lowest BCUT2D eigenvalue weighted by molar-refractivity contribution is -0.127. The molecule has 1 aliphatic rings. The summed E-state index contributed by atoms with van der Waals surface area (Å²) in [7, 11) is 3.74. The molecule has 0 saturated carbocycles. The fraction of sp³-hybridized carbons (Fsp3) is 0.312. The maximum atomic E-state index is 12.3. The van der Waals surface area contributed by atoms with Gasteiger partial charge in [-0.15, -0.1) is 0 Å². The molecule has 0 aromatic carbocycles. The summed E-state index contributed by atoms with van der Waals surface area (Å²) in [5.41, 5.74) is 2.02. The third kappa shape index (κ3) is 3.25. The number of hydrogen-bond acceptors (Lipinski definition) is 6. The molecule has 122 valence electrons. The van der Waals surface area contributed by atoms with Crippen LogP contribution in [-0.2, 0) is 17.9 Å². The monoisotopic (exact) mass is 323 g/mol. The van der Waals surface area contributed by atoms with Gasteiger partial charge in [0.1, 0.15) is 6.07 Å². The molecule has 0 unspecified atom stereocenters. The minimum Gasteiger partial charge on any atom is -0.347 e. The number of carbonyl (C=O) groups is 1. The van der Waals surface area contributed by atoms with Gasteiger partial charge in [0.15, 0.2) is 5.69 Å². The molecule has 1 amide bonds. The highest BCUT2D eigenvalue weighted by Gasteiger charge is 2.20. The minimum atomic E-state index is -0.0855. The Morgan fingerprint density at radius 2 is 2.08 bits per heavy atom. The number of anilines is 1. The van der Waals surface area contributed by atoms with Crippen LogP contribution in [0.5, 0.6) is 0 Å². The van der Waals surface area contributed by atoms with Crippen molar-refractivity contribution in [2.45, 2.75) is 13.1 Å². The van der Waals surface area contributed by atoms with Gasteiger partial charge in [-0.2, -0.15) is 10.4 Å². The molecule has 8 nitrogen and oxygen atoms in total. The maximum absolute atomic E-state index is 12.3. The van der Waals surface area contributed by atoms with Crippen LogP contribution in [0.15, 0.2) is 24.5 Å². The summed E-state index contributed by atoms with van der Waals surface area (Å²) >= 11 is 0. The highest BCUT2D eigenvalue weighted by atomic mass is 16.2. The molecular weight excluding hydrogens is 306 g/mol. The number of hydrogen-bond donors (Lipinski definition) is 0. The minimum absolute atomic E-state index is 0.0855. The number of nitriles is 1. The van der Waals surface area contributed by atoms with Gasteiger partial charge in [0.05, 0.1) is 18.8 Å². The van der Waals surface area contributed by atoms with E-state index in [1.165, 1.54) is 6.08 Å². The van der Waals surface area contributed by atoms with Gasteiger partial charge >= 0.3 is 0 Å². The molecule has 0 radical (unpaired) electrons. The van der Waals surface area contributed by atoms with E-state index in [2.05, 4.69) is 15.1 Å². The van der Waals surface area contributed by atoms with Crippen molar-refractivity contribution in [3.8, 4) is 6.07 Å². The zero-order valence-electron chi connectivity index (χ0n) is 13.5. The maximum Gasteiger partial charge on any atom is 0.246 e. The molecule has 3 heterocycles. The van der Waals surface area contributed by atoms with Crippen LogP contribution >= 0.6 is 0 Å². The first kappa shape index (κ1) is 15.7. The van der Waals surface area contributed by atoms with Gasteiger partial charge in [0.25, 0.3) is 0 Å². The van der Waals surface area contributed by atoms with E-state index in [1.807, 2.05) is 25.1 Å². The van der Waals surface area contributed by atoms with Crippen LogP contribution in [0.25, 0.3) is 6.08 Å². The summed E-state index contributed by atoms with van der Waals surface area (Å²) in [6, 6.07) is 3.74. The zero-order chi connectivity index (χ0) is 17.1. The van der Waals surface area contributed by atoms with Crippen LogP contribution in [0.3, 0.4) is 0 Å². The normalized spacial score (nSPS) is 13.6. The van der Waals surface area contributed by atoms with Crippen molar-refractivity contribution in [2.75, 3.05) is 25.5 Å². The van der Waals surface area contributed by atoms with E-state index in [4.69, 9.17) is 5.26 Å². The Balaban J connectivity index is 1.66. The third-order valence-electron chi connectivity index (χ3n) is 3.70. The van der Waals surface area contributed by atoms with Crippen LogP contribution < -0.4 is 4.90 Å². The largest absolute Gasteiger partial charge is 0.347 e. The average Bonchev–Trinajstić information content (AvgIpc) is 3.02. The fourth-order valence-electron chi connectivity index (χ4n) is 2.43. The standard InChI is InChI=1S/C16H17N7O/c1-21(2)16-18-9-12(10-19-16)3-4-15(24)22-5-6-23-14(11-22)7-13(8-17)20-23/h3-4,7,9-10H,5-6,11H2,1-2H3/b4-3+. The lowest BCUT2D eigenvalue weighted by Crippen LogP contribution is -2.37. The fourth-order valence-corrected chi connectivity index (χ4v) is 2.43. The lowest BCUT2D eigenvalue weighted by Gasteiger charge is -2.26. The number of carbonyl (C=O) groups excluding carboxylic acids is 1. The number of aromatic nitrogens is 4. The molecule has 1 aliphatic heterocycles. The van der Waals surface area contributed by atoms with E-state index >= 15 is 0 Å². The van der Waals surface area contributed by atoms with Crippen molar-refractivity contribution < 1.29 is 4.79 Å². The predicted octanol–water partition coefficient (Wildman–Crippen LogP) is 0.666. The molecular formula is C16H17N7O. The molecule has 0 aliphatic carbocycles. The molecule has 24 heavy (non-hydrogen) atoms. The van der Waals surface area contributed by atoms with Crippen molar-refractivity contribution in [1.29, 1.82) is 5.26 Å². The second kappa shape index (κ2) is 6.50. The highest BCUT2D eigenvalue weighted by Crippen LogP contribution is 2.14. The molecule has 0 bridgehead atoms. The van der Waals surface area contributed by atoms with Crippen LogP contribution in [0, 0.1) is 11.3 Å². The first-order valence-electron chi connectivity index (χ1n) is 7.50. The molecule has 2 aromatic heterocycles. The molecule has 2 aromatic rings. The smallest absolute Gasteiger partial charge is 0.246 e. The van der Waals surface area contributed by atoms with Crippen LogP contribution in [-0.4, -0.2) is 51.2 Å². The first-order chi connectivity index (χ1) is 11.6. The second-order valence-electron chi connectivity index (χ2n) is 5.66. The van der Waals surface area contributed by atoms with Crippen LogP contribution in [0.2, 0.25) is 0 Å². The SMILES string of the molecule is CN(C)c1ncc(/C=C/C(=O)N2CCn3nc(C#N)cc3C2)cn1. The molecule has 3 rings (SSSR count). The zero-order valence-corrected chi connectivity index (χ0v) is 13.5. The topological polar surface area (TPSA) is 90.9 Å². The quantitative estimate of drug-likeness (QED) is 0.771. The Morgan fingerprint density at radius 3 is 2.75 bits per heavy atom. The summed E-state index contributed by atoms with van der Waals surface area (Å²) in [4.78, 5) is 24.3. The van der Waals surface area contributed by atoms with Gasteiger partial charge in [0, 0.05) is 44.7 Å². The Bertz CT molecular complexity index is 814. The van der Waals surface area contributed by atoms with E-state index in [0.29, 0.717) is 31.3 Å². The van der Waals surface area contributed by atoms with Gasteiger partial charge in [0.2, 0.25) is 11.9 Å². The third-order valence-corrected chi connectivity index (χ3v) is 3.70. The lowest BCUT2D eigenvalue weighted by atomic mass is 10.2. The Kier molecular flexibility index (Phi) is 4.24. The van der Waals surface area contributed by atoms with Gasteiger partial charge in [-0.1, -0.05) is 0 Å². The van der Waals surface area contributed by atoms with Crippen molar-refractivity contribution in [2.24, 2.45) is 0 Å². The van der Waals surface area contributed by atoms with Gasteiger partial charge in [-0.05, 0) is 12.1 Å². The van der Waals surface area contributed by atoms with Gasteiger partial charge < -0.3 is 9.80 Å². The summed E-state index contributed by atoms with van der Waals surface area (Å²) in [5.74, 6) is 0.536. The van der Waals surface area contributed by atoms with E-state index in [9.17, 15) is 4.79 Å². The molecule has 0 fully saturated rings. The molecule has 0 atom stereocenters.